The van der Waals surface area contributed by atoms with Crippen molar-refractivity contribution < 1.29 is 0 Å². The largest absolute Gasteiger partial charge is 0.312 e. The lowest BCUT2D eigenvalue weighted by Gasteiger charge is -2.20. The van der Waals surface area contributed by atoms with Gasteiger partial charge in [-0.15, -0.1) is 0 Å². The molecule has 0 amide bonds. The van der Waals surface area contributed by atoms with E-state index in [4.69, 9.17) is 0 Å². The first-order chi connectivity index (χ1) is 7.94. The van der Waals surface area contributed by atoms with E-state index in [2.05, 4.69) is 49.7 Å². The van der Waals surface area contributed by atoms with E-state index >= 15 is 0 Å². The number of rotatable bonds is 5. The second kappa shape index (κ2) is 4.45. The van der Waals surface area contributed by atoms with Gasteiger partial charge in [-0.2, -0.15) is 5.10 Å². The highest BCUT2D eigenvalue weighted by Gasteiger charge is 2.41. The lowest BCUT2D eigenvalue weighted by atomic mass is 10.0. The second-order valence-electron chi connectivity index (χ2n) is 5.85. The zero-order chi connectivity index (χ0) is 12.6. The maximum Gasteiger partial charge on any atom is 0.0625 e. The van der Waals surface area contributed by atoms with Crippen LogP contribution in [0, 0.1) is 26.2 Å². The van der Waals surface area contributed by atoms with Gasteiger partial charge in [-0.1, -0.05) is 6.92 Å². The lowest BCUT2D eigenvalue weighted by Crippen LogP contribution is -2.35. The van der Waals surface area contributed by atoms with Crippen molar-refractivity contribution in [2.45, 2.75) is 60.0 Å². The third-order valence-electron chi connectivity index (χ3n) is 4.60. The van der Waals surface area contributed by atoms with E-state index in [0.29, 0.717) is 11.5 Å². The van der Waals surface area contributed by atoms with Crippen LogP contribution in [0.3, 0.4) is 0 Å². The maximum atomic E-state index is 4.56. The Kier molecular flexibility index (Phi) is 3.30. The van der Waals surface area contributed by atoms with Crippen molar-refractivity contribution in [3.8, 4) is 0 Å². The van der Waals surface area contributed by atoms with E-state index in [1.165, 1.54) is 24.1 Å². The van der Waals surface area contributed by atoms with Gasteiger partial charge in [0.05, 0.1) is 12.2 Å². The summed E-state index contributed by atoms with van der Waals surface area (Å²) >= 11 is 0. The molecule has 1 aromatic heterocycles. The minimum atomic E-state index is 0.561. The molecule has 0 aliphatic heterocycles. The minimum Gasteiger partial charge on any atom is -0.312 e. The van der Waals surface area contributed by atoms with Crippen molar-refractivity contribution in [2.24, 2.45) is 5.41 Å². The molecule has 1 atom stereocenters. The van der Waals surface area contributed by atoms with E-state index in [9.17, 15) is 0 Å². The monoisotopic (exact) mass is 235 g/mol. The van der Waals surface area contributed by atoms with Gasteiger partial charge < -0.3 is 5.32 Å². The first-order valence-corrected chi connectivity index (χ1v) is 6.68. The van der Waals surface area contributed by atoms with Crippen molar-refractivity contribution in [3.63, 3.8) is 0 Å². The predicted molar refractivity (Wildman–Crippen MR) is 71.2 cm³/mol. The Bertz CT molecular complexity index is 402. The molecule has 3 heteroatoms. The van der Waals surface area contributed by atoms with Crippen LogP contribution in [0.5, 0.6) is 0 Å². The van der Waals surface area contributed by atoms with Crippen molar-refractivity contribution in [3.05, 3.63) is 17.0 Å². The molecular formula is C14H25N3. The summed E-state index contributed by atoms with van der Waals surface area (Å²) in [5.41, 5.74) is 4.34. The maximum absolute atomic E-state index is 4.56. The van der Waals surface area contributed by atoms with E-state index in [1.807, 2.05) is 0 Å². The topological polar surface area (TPSA) is 29.9 Å². The quantitative estimate of drug-likeness (QED) is 0.850. The molecule has 1 fully saturated rings. The summed E-state index contributed by atoms with van der Waals surface area (Å²) in [6.45, 7) is 13.0. The molecule has 1 aliphatic carbocycles. The zero-order valence-electron chi connectivity index (χ0n) is 11.8. The molecule has 2 rings (SSSR count). The van der Waals surface area contributed by atoms with Gasteiger partial charge in [-0.05, 0) is 51.5 Å². The van der Waals surface area contributed by atoms with Crippen LogP contribution < -0.4 is 5.32 Å². The molecule has 1 aromatic rings. The van der Waals surface area contributed by atoms with E-state index in [-0.39, 0.29) is 0 Å². The average molecular weight is 235 g/mol. The van der Waals surface area contributed by atoms with Crippen molar-refractivity contribution >= 4 is 0 Å². The lowest BCUT2D eigenvalue weighted by molar-refractivity contribution is 0.369. The minimum absolute atomic E-state index is 0.561. The summed E-state index contributed by atoms with van der Waals surface area (Å²) in [5.74, 6) is 0. The van der Waals surface area contributed by atoms with Gasteiger partial charge in [-0.3, -0.25) is 4.68 Å². The Labute approximate surface area is 105 Å². The van der Waals surface area contributed by atoms with Crippen molar-refractivity contribution in [1.29, 1.82) is 0 Å². The molecule has 1 saturated carbocycles. The Hall–Kier alpha value is -0.830. The molecule has 17 heavy (non-hydrogen) atoms. The van der Waals surface area contributed by atoms with Crippen LogP contribution in [-0.2, 0) is 6.54 Å². The zero-order valence-corrected chi connectivity index (χ0v) is 11.8. The fourth-order valence-electron chi connectivity index (χ4n) is 2.27. The number of nitrogens with zero attached hydrogens (tertiary/aromatic N) is 2. The Balaban J connectivity index is 1.84. The van der Waals surface area contributed by atoms with Crippen LogP contribution in [0.25, 0.3) is 0 Å². The van der Waals surface area contributed by atoms with Gasteiger partial charge >= 0.3 is 0 Å². The molecule has 3 nitrogen and oxygen atoms in total. The van der Waals surface area contributed by atoms with E-state index < -0.39 is 0 Å². The Morgan fingerprint density at radius 3 is 2.47 bits per heavy atom. The fraction of sp³-hybridized carbons (Fsp3) is 0.786. The van der Waals surface area contributed by atoms with Crippen LogP contribution in [-0.4, -0.2) is 22.4 Å². The van der Waals surface area contributed by atoms with Gasteiger partial charge in [0.2, 0.25) is 0 Å². The number of aromatic nitrogens is 2. The molecule has 0 saturated heterocycles. The molecule has 1 heterocycles. The molecule has 0 spiro atoms. The summed E-state index contributed by atoms with van der Waals surface area (Å²) in [5, 5.41) is 8.19. The van der Waals surface area contributed by atoms with Crippen molar-refractivity contribution in [2.75, 3.05) is 6.54 Å². The smallest absolute Gasteiger partial charge is 0.0625 e. The summed E-state index contributed by atoms with van der Waals surface area (Å²) in [6, 6.07) is 0.626. The summed E-state index contributed by atoms with van der Waals surface area (Å²) < 4.78 is 2.12. The van der Waals surface area contributed by atoms with E-state index in [0.717, 1.165) is 18.8 Å². The Morgan fingerprint density at radius 2 is 2.00 bits per heavy atom. The van der Waals surface area contributed by atoms with Crippen LogP contribution in [0.15, 0.2) is 0 Å². The van der Waals surface area contributed by atoms with Crippen LogP contribution in [0.1, 0.15) is 43.6 Å². The molecule has 0 aromatic carbocycles. The third kappa shape index (κ3) is 2.54. The van der Waals surface area contributed by atoms with E-state index in [1.54, 1.807) is 0 Å². The van der Waals surface area contributed by atoms with Gasteiger partial charge in [0.15, 0.2) is 0 Å². The summed E-state index contributed by atoms with van der Waals surface area (Å²) in [4.78, 5) is 0. The molecule has 0 bridgehead atoms. The summed E-state index contributed by atoms with van der Waals surface area (Å²) in [6.07, 6.45) is 2.75. The molecule has 96 valence electrons. The SMILES string of the molecule is Cc1nn(CCNC(C)C2(C)CC2)c(C)c1C. The van der Waals surface area contributed by atoms with Gasteiger partial charge in [-0.25, -0.2) is 0 Å². The van der Waals surface area contributed by atoms with Gasteiger partial charge in [0, 0.05) is 18.3 Å². The number of hydrogen-bond donors (Lipinski definition) is 1. The van der Waals surface area contributed by atoms with Crippen LogP contribution in [0.4, 0.5) is 0 Å². The van der Waals surface area contributed by atoms with Crippen LogP contribution >= 0.6 is 0 Å². The molecule has 1 unspecified atom stereocenters. The molecule has 1 N–H and O–H groups in total. The van der Waals surface area contributed by atoms with Crippen molar-refractivity contribution in [1.82, 2.24) is 15.1 Å². The molecule has 1 aliphatic rings. The normalized spacial score (nSPS) is 19.4. The third-order valence-corrected chi connectivity index (χ3v) is 4.60. The highest BCUT2D eigenvalue weighted by Crippen LogP contribution is 2.47. The standard InChI is InChI=1S/C14H25N3/c1-10-11(2)16-17(12(10)3)9-8-15-13(4)14(5)6-7-14/h13,15H,6-9H2,1-5H3. The number of nitrogens with one attached hydrogen (secondary N) is 1. The number of hydrogen-bond acceptors (Lipinski definition) is 2. The van der Waals surface area contributed by atoms with Crippen LogP contribution in [0.2, 0.25) is 0 Å². The first-order valence-electron chi connectivity index (χ1n) is 6.68. The molecule has 0 radical (unpaired) electrons. The predicted octanol–water partition coefficient (Wildman–Crippen LogP) is 2.59. The molecular weight excluding hydrogens is 210 g/mol. The number of aryl methyl sites for hydroxylation is 1. The average Bonchev–Trinajstić information content (AvgIpc) is 2.99. The first kappa shape index (κ1) is 12.6. The fourth-order valence-corrected chi connectivity index (χ4v) is 2.27. The highest BCUT2D eigenvalue weighted by atomic mass is 15.3. The van der Waals surface area contributed by atoms with Gasteiger partial charge in [0.25, 0.3) is 0 Å². The summed E-state index contributed by atoms with van der Waals surface area (Å²) in [7, 11) is 0. The highest BCUT2D eigenvalue weighted by molar-refractivity contribution is 5.22. The Morgan fingerprint density at radius 1 is 1.35 bits per heavy atom. The second-order valence-corrected chi connectivity index (χ2v) is 5.85. The van der Waals surface area contributed by atoms with Gasteiger partial charge in [0.1, 0.15) is 0 Å².